The maximum atomic E-state index is 12.4. The van der Waals surface area contributed by atoms with Crippen molar-refractivity contribution in [1.29, 1.82) is 0 Å². The lowest BCUT2D eigenvalue weighted by molar-refractivity contribution is 0.227. The average Bonchev–Trinajstić information content (AvgIpc) is 2.38. The number of sulfonamides is 1. The van der Waals surface area contributed by atoms with Crippen molar-refractivity contribution in [2.24, 2.45) is 5.92 Å². The van der Waals surface area contributed by atoms with Crippen molar-refractivity contribution in [3.63, 3.8) is 0 Å². The fourth-order valence-corrected chi connectivity index (χ4v) is 3.45. The molecule has 6 nitrogen and oxygen atoms in total. The predicted octanol–water partition coefficient (Wildman–Crippen LogP) is 1.34. The van der Waals surface area contributed by atoms with E-state index in [9.17, 15) is 13.5 Å². The summed E-state index contributed by atoms with van der Waals surface area (Å²) in [5.74, 6) is 0.132. The summed E-state index contributed by atoms with van der Waals surface area (Å²) in [5.41, 5.74) is 6.01. The number of ether oxygens (including phenoxy) is 1. The van der Waals surface area contributed by atoms with E-state index in [-0.39, 0.29) is 28.9 Å². The molecule has 0 spiro atoms. The SMILES string of the molecule is COc1cc(Br)c(N)cc1S(=O)(=O)N[C@H](CO)C(C)C. The number of hydrogen-bond donors (Lipinski definition) is 3. The summed E-state index contributed by atoms with van der Waals surface area (Å²) in [7, 11) is -2.46. The first-order valence-electron chi connectivity index (χ1n) is 5.99. The Kier molecular flexibility index (Phi) is 5.81. The Balaban J connectivity index is 3.25. The van der Waals surface area contributed by atoms with Crippen LogP contribution in [0, 0.1) is 5.92 Å². The highest BCUT2D eigenvalue weighted by Crippen LogP contribution is 2.32. The van der Waals surface area contributed by atoms with E-state index in [4.69, 9.17) is 10.5 Å². The van der Waals surface area contributed by atoms with Gasteiger partial charge in [0.2, 0.25) is 10.0 Å². The van der Waals surface area contributed by atoms with Crippen LogP contribution in [0.15, 0.2) is 21.5 Å². The number of rotatable bonds is 6. The van der Waals surface area contributed by atoms with E-state index in [1.807, 2.05) is 13.8 Å². The maximum absolute atomic E-state index is 12.4. The topological polar surface area (TPSA) is 102 Å². The fraction of sp³-hybridized carbons (Fsp3) is 0.500. The molecule has 1 rings (SSSR count). The molecule has 0 saturated carbocycles. The molecule has 1 aromatic carbocycles. The molecule has 1 aromatic rings. The Labute approximate surface area is 127 Å². The van der Waals surface area contributed by atoms with Gasteiger partial charge < -0.3 is 15.6 Å². The van der Waals surface area contributed by atoms with Crippen LogP contribution < -0.4 is 15.2 Å². The minimum Gasteiger partial charge on any atom is -0.495 e. The zero-order valence-electron chi connectivity index (χ0n) is 11.6. The molecule has 0 aliphatic rings. The van der Waals surface area contributed by atoms with Crippen LogP contribution in [0.4, 0.5) is 5.69 Å². The molecule has 0 fully saturated rings. The number of aliphatic hydroxyl groups is 1. The van der Waals surface area contributed by atoms with Gasteiger partial charge in [-0.2, -0.15) is 0 Å². The second-order valence-electron chi connectivity index (χ2n) is 4.68. The Hall–Kier alpha value is -0.830. The number of methoxy groups -OCH3 is 1. The molecule has 0 amide bonds. The predicted molar refractivity (Wildman–Crippen MR) is 81.1 cm³/mol. The molecule has 0 bridgehead atoms. The molecule has 20 heavy (non-hydrogen) atoms. The smallest absolute Gasteiger partial charge is 0.244 e. The van der Waals surface area contributed by atoms with Gasteiger partial charge in [-0.15, -0.1) is 0 Å². The number of nitrogen functional groups attached to an aromatic ring is 1. The Bertz CT molecular complexity index is 575. The van der Waals surface area contributed by atoms with Gasteiger partial charge in [-0.1, -0.05) is 13.8 Å². The number of halogens is 1. The first kappa shape index (κ1) is 17.2. The third kappa shape index (κ3) is 3.85. The summed E-state index contributed by atoms with van der Waals surface area (Å²) in [6.07, 6.45) is 0. The molecule has 0 heterocycles. The van der Waals surface area contributed by atoms with Gasteiger partial charge in [-0.05, 0) is 34.0 Å². The largest absolute Gasteiger partial charge is 0.495 e. The van der Waals surface area contributed by atoms with Gasteiger partial charge in [0.05, 0.1) is 13.7 Å². The number of nitrogens with one attached hydrogen (secondary N) is 1. The van der Waals surface area contributed by atoms with Crippen molar-refractivity contribution < 1.29 is 18.3 Å². The summed E-state index contributed by atoms with van der Waals surface area (Å²) in [4.78, 5) is -0.0557. The zero-order chi connectivity index (χ0) is 15.5. The number of hydrogen-bond acceptors (Lipinski definition) is 5. The normalized spacial score (nSPS) is 13.5. The van der Waals surface area contributed by atoms with Crippen molar-refractivity contribution in [3.05, 3.63) is 16.6 Å². The highest BCUT2D eigenvalue weighted by Gasteiger charge is 2.25. The van der Waals surface area contributed by atoms with Crippen LogP contribution in [0.1, 0.15) is 13.8 Å². The monoisotopic (exact) mass is 366 g/mol. The third-order valence-corrected chi connectivity index (χ3v) is 5.08. The summed E-state index contributed by atoms with van der Waals surface area (Å²) in [5, 5.41) is 9.24. The number of benzene rings is 1. The van der Waals surface area contributed by atoms with Gasteiger partial charge in [-0.25, -0.2) is 13.1 Å². The summed E-state index contributed by atoms with van der Waals surface area (Å²) >= 11 is 3.22. The van der Waals surface area contributed by atoms with Gasteiger partial charge >= 0.3 is 0 Å². The Morgan fingerprint density at radius 2 is 2.05 bits per heavy atom. The first-order valence-corrected chi connectivity index (χ1v) is 8.26. The zero-order valence-corrected chi connectivity index (χ0v) is 14.0. The Morgan fingerprint density at radius 1 is 1.45 bits per heavy atom. The minimum absolute atomic E-state index is 0.0476. The van der Waals surface area contributed by atoms with E-state index in [0.29, 0.717) is 4.47 Å². The van der Waals surface area contributed by atoms with Gasteiger partial charge in [0.15, 0.2) is 0 Å². The molecule has 0 aliphatic carbocycles. The average molecular weight is 367 g/mol. The molecule has 0 saturated heterocycles. The van der Waals surface area contributed by atoms with Crippen molar-refractivity contribution in [3.8, 4) is 5.75 Å². The Morgan fingerprint density at radius 3 is 2.50 bits per heavy atom. The molecule has 0 radical (unpaired) electrons. The van der Waals surface area contributed by atoms with Crippen LogP contribution in [0.2, 0.25) is 0 Å². The van der Waals surface area contributed by atoms with E-state index >= 15 is 0 Å². The van der Waals surface area contributed by atoms with Gasteiger partial charge in [0, 0.05) is 16.2 Å². The van der Waals surface area contributed by atoms with E-state index in [1.54, 1.807) is 0 Å². The van der Waals surface area contributed by atoms with Crippen molar-refractivity contribution in [2.75, 3.05) is 19.5 Å². The number of aliphatic hydroxyl groups excluding tert-OH is 1. The van der Waals surface area contributed by atoms with Crippen LogP contribution in [0.5, 0.6) is 5.75 Å². The van der Waals surface area contributed by atoms with E-state index in [2.05, 4.69) is 20.7 Å². The quantitative estimate of drug-likeness (QED) is 0.659. The molecule has 1 atom stereocenters. The van der Waals surface area contributed by atoms with E-state index < -0.39 is 16.1 Å². The fourth-order valence-electron chi connectivity index (χ4n) is 1.57. The highest BCUT2D eigenvalue weighted by molar-refractivity contribution is 9.10. The number of anilines is 1. The van der Waals surface area contributed by atoms with Crippen LogP contribution in [0.3, 0.4) is 0 Å². The summed E-state index contributed by atoms with van der Waals surface area (Å²) < 4.78 is 32.8. The van der Waals surface area contributed by atoms with Gasteiger partial charge in [-0.3, -0.25) is 0 Å². The highest BCUT2D eigenvalue weighted by atomic mass is 79.9. The number of nitrogens with two attached hydrogens (primary N) is 1. The lowest BCUT2D eigenvalue weighted by atomic mass is 10.1. The van der Waals surface area contributed by atoms with Crippen LogP contribution in [-0.2, 0) is 10.0 Å². The van der Waals surface area contributed by atoms with Crippen molar-refractivity contribution in [2.45, 2.75) is 24.8 Å². The van der Waals surface area contributed by atoms with Crippen LogP contribution >= 0.6 is 15.9 Å². The van der Waals surface area contributed by atoms with Crippen molar-refractivity contribution >= 4 is 31.6 Å². The third-order valence-electron chi connectivity index (χ3n) is 2.88. The molecular weight excluding hydrogens is 348 g/mol. The standard InChI is InChI=1S/C12H19BrN2O4S/c1-7(2)10(6-16)15-20(17,18)12-5-9(14)8(13)4-11(12)19-3/h4-5,7,10,15-16H,6,14H2,1-3H3/t10-/m1/s1. The molecule has 8 heteroatoms. The maximum Gasteiger partial charge on any atom is 0.244 e. The van der Waals surface area contributed by atoms with E-state index in [0.717, 1.165) is 0 Å². The molecule has 114 valence electrons. The van der Waals surface area contributed by atoms with E-state index in [1.165, 1.54) is 19.2 Å². The second-order valence-corrected chi connectivity index (χ2v) is 7.22. The summed E-state index contributed by atoms with van der Waals surface area (Å²) in [6, 6.07) is 2.24. The lowest BCUT2D eigenvalue weighted by Gasteiger charge is -2.21. The van der Waals surface area contributed by atoms with Crippen LogP contribution in [0.25, 0.3) is 0 Å². The van der Waals surface area contributed by atoms with Gasteiger partial charge in [0.1, 0.15) is 10.6 Å². The molecule has 0 unspecified atom stereocenters. The molecule has 0 aromatic heterocycles. The molecule has 0 aliphatic heterocycles. The van der Waals surface area contributed by atoms with Gasteiger partial charge in [0.25, 0.3) is 0 Å². The molecule has 4 N–H and O–H groups in total. The lowest BCUT2D eigenvalue weighted by Crippen LogP contribution is -2.41. The van der Waals surface area contributed by atoms with Crippen LogP contribution in [-0.4, -0.2) is 33.3 Å². The summed E-state index contributed by atoms with van der Waals surface area (Å²) in [6.45, 7) is 3.35. The minimum atomic E-state index is -3.83. The first-order chi connectivity index (χ1) is 9.22. The second kappa shape index (κ2) is 6.75. The van der Waals surface area contributed by atoms with Crippen molar-refractivity contribution in [1.82, 2.24) is 4.72 Å². The molecular formula is C12H19BrN2O4S.